The topological polar surface area (TPSA) is 58.4 Å². The zero-order valence-corrected chi connectivity index (χ0v) is 11.7. The molecule has 0 spiro atoms. The number of anilines is 1. The van der Waals surface area contributed by atoms with Crippen molar-refractivity contribution in [3.05, 3.63) is 33.1 Å². The lowest BCUT2D eigenvalue weighted by atomic mass is 10.2. The quantitative estimate of drug-likeness (QED) is 0.619. The molecule has 1 rings (SSSR count). The Labute approximate surface area is 116 Å². The highest BCUT2D eigenvalue weighted by Crippen LogP contribution is 2.30. The number of hydrogen-bond donors (Lipinski definition) is 1. The molecule has 106 valence electrons. The van der Waals surface area contributed by atoms with E-state index in [1.165, 1.54) is 0 Å². The highest BCUT2D eigenvalue weighted by molar-refractivity contribution is 6.31. The van der Waals surface area contributed by atoms with Crippen molar-refractivity contribution in [3.63, 3.8) is 0 Å². The molecule has 7 heteroatoms. The van der Waals surface area contributed by atoms with Crippen molar-refractivity contribution in [2.24, 2.45) is 0 Å². The monoisotopic (exact) mass is 289 g/mol. The van der Waals surface area contributed by atoms with Gasteiger partial charge < -0.3 is 10.2 Å². The van der Waals surface area contributed by atoms with Crippen LogP contribution in [0.15, 0.2) is 12.1 Å². The Morgan fingerprint density at radius 3 is 2.58 bits per heavy atom. The predicted molar refractivity (Wildman–Crippen MR) is 74.3 cm³/mol. The van der Waals surface area contributed by atoms with E-state index in [0.717, 1.165) is 31.8 Å². The molecule has 0 heterocycles. The first-order valence-electron chi connectivity index (χ1n) is 6.09. The summed E-state index contributed by atoms with van der Waals surface area (Å²) in [4.78, 5) is 12.4. The molecule has 1 aromatic rings. The number of hydrogen-bond acceptors (Lipinski definition) is 4. The van der Waals surface area contributed by atoms with Crippen LogP contribution in [-0.4, -0.2) is 36.0 Å². The second-order valence-corrected chi connectivity index (χ2v) is 4.40. The van der Waals surface area contributed by atoms with Gasteiger partial charge in [0.25, 0.3) is 5.69 Å². The molecule has 0 saturated heterocycles. The Balaban J connectivity index is 2.77. The van der Waals surface area contributed by atoms with Crippen molar-refractivity contribution >= 4 is 23.0 Å². The third kappa shape index (κ3) is 4.33. The first-order chi connectivity index (χ1) is 8.99. The normalized spacial score (nSPS) is 10.8. The van der Waals surface area contributed by atoms with Crippen molar-refractivity contribution in [1.82, 2.24) is 4.90 Å². The maximum absolute atomic E-state index is 13.3. The second kappa shape index (κ2) is 7.25. The van der Waals surface area contributed by atoms with Gasteiger partial charge in [0.05, 0.1) is 9.95 Å². The third-order valence-electron chi connectivity index (χ3n) is 2.87. The van der Waals surface area contributed by atoms with Crippen LogP contribution in [0.5, 0.6) is 0 Å². The highest BCUT2D eigenvalue weighted by atomic mass is 35.5. The van der Waals surface area contributed by atoms with Crippen LogP contribution in [0.4, 0.5) is 15.8 Å². The van der Waals surface area contributed by atoms with Crippen LogP contribution in [-0.2, 0) is 0 Å². The molecule has 1 N–H and O–H groups in total. The Hall–Kier alpha value is -1.40. The predicted octanol–water partition coefficient (Wildman–Crippen LogP) is 3.14. The SMILES string of the molecule is CCN(CC)CCNc1cc(F)c(Cl)cc1[N+](=O)[O-]. The van der Waals surface area contributed by atoms with Gasteiger partial charge in [-0.05, 0) is 13.1 Å². The van der Waals surface area contributed by atoms with Gasteiger partial charge in [0.2, 0.25) is 0 Å². The number of likely N-dealkylation sites (N-methyl/N-ethyl adjacent to an activating group) is 1. The average Bonchev–Trinajstić information content (AvgIpc) is 2.38. The summed E-state index contributed by atoms with van der Waals surface area (Å²) in [6.07, 6.45) is 0. The first-order valence-corrected chi connectivity index (χ1v) is 6.47. The molecule has 0 amide bonds. The number of benzene rings is 1. The minimum atomic E-state index is -0.669. The summed E-state index contributed by atoms with van der Waals surface area (Å²) < 4.78 is 13.3. The molecule has 0 atom stereocenters. The summed E-state index contributed by atoms with van der Waals surface area (Å²) in [6.45, 7) is 7.10. The van der Waals surface area contributed by atoms with E-state index in [-0.39, 0.29) is 16.4 Å². The van der Waals surface area contributed by atoms with E-state index in [1.807, 2.05) is 13.8 Å². The standard InChI is InChI=1S/C12H17ClFN3O2/c1-3-16(4-2)6-5-15-11-8-10(14)9(13)7-12(11)17(18)19/h7-8,15H,3-6H2,1-2H3. The molecule has 0 radical (unpaired) electrons. The lowest BCUT2D eigenvalue weighted by molar-refractivity contribution is -0.384. The Kier molecular flexibility index (Phi) is 5.98. The van der Waals surface area contributed by atoms with Crippen LogP contribution >= 0.6 is 11.6 Å². The van der Waals surface area contributed by atoms with Gasteiger partial charge in [0, 0.05) is 25.2 Å². The van der Waals surface area contributed by atoms with Crippen molar-refractivity contribution in [1.29, 1.82) is 0 Å². The summed E-state index contributed by atoms with van der Waals surface area (Å²) in [6, 6.07) is 2.08. The van der Waals surface area contributed by atoms with Gasteiger partial charge in [-0.15, -0.1) is 0 Å². The van der Waals surface area contributed by atoms with Gasteiger partial charge >= 0.3 is 0 Å². The maximum atomic E-state index is 13.3. The van der Waals surface area contributed by atoms with E-state index in [0.29, 0.717) is 6.54 Å². The smallest absolute Gasteiger partial charge is 0.294 e. The summed E-state index contributed by atoms with van der Waals surface area (Å²) >= 11 is 5.54. The van der Waals surface area contributed by atoms with Gasteiger partial charge in [-0.1, -0.05) is 25.4 Å². The number of nitrogens with zero attached hydrogens (tertiary/aromatic N) is 2. The maximum Gasteiger partial charge on any atom is 0.294 e. The van der Waals surface area contributed by atoms with Crippen LogP contribution in [0.2, 0.25) is 5.02 Å². The molecule has 1 aromatic carbocycles. The Bertz CT molecular complexity index is 453. The largest absolute Gasteiger partial charge is 0.378 e. The molecular weight excluding hydrogens is 273 g/mol. The second-order valence-electron chi connectivity index (χ2n) is 3.99. The average molecular weight is 290 g/mol. The van der Waals surface area contributed by atoms with Crippen LogP contribution in [0, 0.1) is 15.9 Å². The third-order valence-corrected chi connectivity index (χ3v) is 3.16. The fraction of sp³-hybridized carbons (Fsp3) is 0.500. The lowest BCUT2D eigenvalue weighted by Gasteiger charge is -2.18. The van der Waals surface area contributed by atoms with E-state index in [2.05, 4.69) is 10.2 Å². The molecule has 0 fully saturated rings. The zero-order valence-electron chi connectivity index (χ0n) is 10.9. The number of halogens is 2. The van der Waals surface area contributed by atoms with E-state index >= 15 is 0 Å². The van der Waals surface area contributed by atoms with Gasteiger partial charge in [0.1, 0.15) is 11.5 Å². The number of nitro benzene ring substituents is 1. The number of nitrogens with one attached hydrogen (secondary N) is 1. The van der Waals surface area contributed by atoms with Gasteiger partial charge in [-0.2, -0.15) is 0 Å². The molecule has 5 nitrogen and oxygen atoms in total. The number of nitro groups is 1. The van der Waals surface area contributed by atoms with Crippen molar-refractivity contribution in [2.45, 2.75) is 13.8 Å². The lowest BCUT2D eigenvalue weighted by Crippen LogP contribution is -2.28. The molecule has 0 aromatic heterocycles. The van der Waals surface area contributed by atoms with E-state index in [1.54, 1.807) is 0 Å². The molecular formula is C12H17ClFN3O2. The van der Waals surface area contributed by atoms with Crippen LogP contribution < -0.4 is 5.32 Å². The minimum Gasteiger partial charge on any atom is -0.378 e. The molecule has 19 heavy (non-hydrogen) atoms. The van der Waals surface area contributed by atoms with Gasteiger partial charge in [-0.25, -0.2) is 4.39 Å². The summed E-state index contributed by atoms with van der Waals surface area (Å²) in [5.41, 5.74) is -0.0648. The van der Waals surface area contributed by atoms with Crippen molar-refractivity contribution < 1.29 is 9.31 Å². The minimum absolute atomic E-state index is 0.152. The summed E-state index contributed by atoms with van der Waals surface area (Å²) in [5, 5.41) is 13.5. The molecule has 0 saturated carbocycles. The van der Waals surface area contributed by atoms with Crippen molar-refractivity contribution in [2.75, 3.05) is 31.5 Å². The first kappa shape index (κ1) is 15.7. The zero-order chi connectivity index (χ0) is 14.4. The highest BCUT2D eigenvalue weighted by Gasteiger charge is 2.17. The fourth-order valence-corrected chi connectivity index (χ4v) is 1.88. The van der Waals surface area contributed by atoms with E-state index < -0.39 is 10.7 Å². The molecule has 0 aliphatic carbocycles. The fourth-order valence-electron chi connectivity index (χ4n) is 1.72. The van der Waals surface area contributed by atoms with Crippen LogP contribution in [0.3, 0.4) is 0 Å². The molecule has 0 aliphatic heterocycles. The van der Waals surface area contributed by atoms with Crippen molar-refractivity contribution in [3.8, 4) is 0 Å². The Morgan fingerprint density at radius 2 is 2.05 bits per heavy atom. The number of rotatable bonds is 7. The van der Waals surface area contributed by atoms with Gasteiger partial charge in [-0.3, -0.25) is 10.1 Å². The molecule has 0 unspecified atom stereocenters. The summed E-state index contributed by atoms with van der Waals surface area (Å²) in [7, 11) is 0. The molecule has 0 bridgehead atoms. The Morgan fingerprint density at radius 1 is 1.42 bits per heavy atom. The van der Waals surface area contributed by atoms with Crippen LogP contribution in [0.1, 0.15) is 13.8 Å². The van der Waals surface area contributed by atoms with Gasteiger partial charge in [0.15, 0.2) is 0 Å². The van der Waals surface area contributed by atoms with E-state index in [9.17, 15) is 14.5 Å². The van der Waals surface area contributed by atoms with E-state index in [4.69, 9.17) is 11.6 Å². The summed E-state index contributed by atoms with van der Waals surface area (Å²) in [5.74, 6) is -0.669. The van der Waals surface area contributed by atoms with Crippen LogP contribution in [0.25, 0.3) is 0 Å². The molecule has 0 aliphatic rings.